The molecule has 47 heavy (non-hydrogen) atoms. The standard InChI is InChI=1S/C44H35NOS/c1-43(2,3)36-24-27(26-13-7-6-8-14-26)23-33-41(46)32-20-19-28(25-38(32)47-42(33)36)45-37-18-12-10-15-29(37)30-21-22-35-39(40(30)45)31-16-9-11-17-34(31)44(35,4)5/h6-25H,1-5H3. The molecule has 2 nitrogen and oxygen atoms in total. The molecule has 0 bridgehead atoms. The van der Waals surface area contributed by atoms with Gasteiger partial charge in [0.2, 0.25) is 0 Å². The van der Waals surface area contributed by atoms with Gasteiger partial charge in [-0.2, -0.15) is 0 Å². The van der Waals surface area contributed by atoms with Crippen molar-refractivity contribution in [1.29, 1.82) is 0 Å². The monoisotopic (exact) mass is 625 g/mol. The van der Waals surface area contributed by atoms with Crippen LogP contribution in [0.15, 0.2) is 126 Å². The Bertz CT molecular complexity index is 2650. The van der Waals surface area contributed by atoms with Crippen molar-refractivity contribution < 1.29 is 0 Å². The van der Waals surface area contributed by atoms with E-state index in [-0.39, 0.29) is 16.3 Å². The van der Waals surface area contributed by atoms with Crippen molar-refractivity contribution in [2.45, 2.75) is 45.4 Å². The van der Waals surface area contributed by atoms with Crippen LogP contribution in [0.1, 0.15) is 51.3 Å². The zero-order valence-corrected chi connectivity index (χ0v) is 28.1. The molecule has 0 atom stereocenters. The van der Waals surface area contributed by atoms with Gasteiger partial charge in [0.15, 0.2) is 5.43 Å². The molecule has 3 heteroatoms. The van der Waals surface area contributed by atoms with Crippen molar-refractivity contribution in [3.8, 4) is 27.9 Å². The summed E-state index contributed by atoms with van der Waals surface area (Å²) < 4.78 is 4.52. The van der Waals surface area contributed by atoms with Gasteiger partial charge in [-0.15, -0.1) is 11.3 Å². The lowest BCUT2D eigenvalue weighted by atomic mass is 9.82. The molecule has 0 aliphatic heterocycles. The maximum absolute atomic E-state index is 14.3. The summed E-state index contributed by atoms with van der Waals surface area (Å²) in [5.41, 5.74) is 12.1. The SMILES string of the molecule is CC(C)(C)c1cc(-c2ccccc2)cc2c(=O)c3ccc(-n4c5ccccc5c5ccc6c(c54)-c4ccccc4C6(C)C)cc3sc12. The average Bonchev–Trinajstić information content (AvgIpc) is 3.53. The first-order valence-corrected chi connectivity index (χ1v) is 17.2. The second kappa shape index (κ2) is 9.76. The molecule has 6 aromatic carbocycles. The molecule has 0 N–H and O–H groups in total. The summed E-state index contributed by atoms with van der Waals surface area (Å²) in [6.07, 6.45) is 0. The van der Waals surface area contributed by atoms with Crippen LogP contribution < -0.4 is 5.43 Å². The molecule has 1 aliphatic carbocycles. The van der Waals surface area contributed by atoms with Crippen LogP contribution in [0.2, 0.25) is 0 Å². The summed E-state index contributed by atoms with van der Waals surface area (Å²) >= 11 is 1.75. The molecular formula is C44H35NOS. The smallest absolute Gasteiger partial charge is 0.195 e. The molecule has 2 aromatic heterocycles. The number of aromatic nitrogens is 1. The molecule has 2 heterocycles. The van der Waals surface area contributed by atoms with Gasteiger partial charge in [0.25, 0.3) is 0 Å². The summed E-state index contributed by atoms with van der Waals surface area (Å²) in [4.78, 5) is 14.3. The van der Waals surface area contributed by atoms with Crippen molar-refractivity contribution in [1.82, 2.24) is 4.57 Å². The number of benzene rings is 6. The van der Waals surface area contributed by atoms with E-state index in [0.29, 0.717) is 0 Å². The van der Waals surface area contributed by atoms with E-state index in [1.807, 2.05) is 6.07 Å². The lowest BCUT2D eigenvalue weighted by molar-refractivity contribution is 0.597. The maximum atomic E-state index is 14.3. The molecule has 0 fully saturated rings. The average molecular weight is 626 g/mol. The zero-order chi connectivity index (χ0) is 32.2. The molecule has 0 saturated heterocycles. The summed E-state index contributed by atoms with van der Waals surface area (Å²) in [6, 6.07) is 43.5. The van der Waals surface area contributed by atoms with Crippen molar-refractivity contribution in [3.63, 3.8) is 0 Å². The number of hydrogen-bond acceptors (Lipinski definition) is 2. The van der Waals surface area contributed by atoms with Crippen LogP contribution in [0.5, 0.6) is 0 Å². The Labute approximate surface area is 278 Å². The van der Waals surface area contributed by atoms with E-state index in [9.17, 15) is 4.79 Å². The Balaban J connectivity index is 1.36. The van der Waals surface area contributed by atoms with Crippen LogP contribution in [0.4, 0.5) is 0 Å². The predicted molar refractivity (Wildman–Crippen MR) is 202 cm³/mol. The number of nitrogens with zero attached hydrogens (tertiary/aromatic N) is 1. The predicted octanol–water partition coefficient (Wildman–Crippen LogP) is 11.8. The fraction of sp³-hybridized carbons (Fsp3) is 0.159. The summed E-state index contributed by atoms with van der Waals surface area (Å²) in [6.45, 7) is 11.4. The highest BCUT2D eigenvalue weighted by Gasteiger charge is 2.37. The fourth-order valence-electron chi connectivity index (χ4n) is 7.95. The Morgan fingerprint density at radius 1 is 0.638 bits per heavy atom. The fourth-order valence-corrected chi connectivity index (χ4v) is 9.36. The maximum Gasteiger partial charge on any atom is 0.195 e. The first kappa shape index (κ1) is 28.3. The van der Waals surface area contributed by atoms with E-state index in [4.69, 9.17) is 0 Å². The minimum absolute atomic E-state index is 0.0921. The molecule has 0 radical (unpaired) electrons. The molecule has 0 unspecified atom stereocenters. The highest BCUT2D eigenvalue weighted by molar-refractivity contribution is 7.24. The van der Waals surface area contributed by atoms with Crippen LogP contribution in [-0.4, -0.2) is 4.57 Å². The molecule has 9 rings (SSSR count). The Kier molecular flexibility index (Phi) is 5.87. The van der Waals surface area contributed by atoms with Crippen molar-refractivity contribution in [2.24, 2.45) is 0 Å². The van der Waals surface area contributed by atoms with E-state index >= 15 is 0 Å². The van der Waals surface area contributed by atoms with Gasteiger partial charge >= 0.3 is 0 Å². The molecule has 8 aromatic rings. The van der Waals surface area contributed by atoms with Gasteiger partial charge in [-0.3, -0.25) is 4.79 Å². The summed E-state index contributed by atoms with van der Waals surface area (Å²) in [7, 11) is 0. The summed E-state index contributed by atoms with van der Waals surface area (Å²) in [5, 5.41) is 4.06. The third-order valence-electron chi connectivity index (χ3n) is 10.3. The van der Waals surface area contributed by atoms with E-state index in [1.165, 1.54) is 49.6 Å². The van der Waals surface area contributed by atoms with Crippen LogP contribution in [0.25, 0.3) is 69.9 Å². The molecule has 0 saturated carbocycles. The Morgan fingerprint density at radius 2 is 1.36 bits per heavy atom. The van der Waals surface area contributed by atoms with E-state index < -0.39 is 0 Å². The summed E-state index contributed by atoms with van der Waals surface area (Å²) in [5.74, 6) is 0. The molecule has 0 amide bonds. The van der Waals surface area contributed by atoms with E-state index in [0.717, 1.165) is 37.0 Å². The molecule has 0 spiro atoms. The topological polar surface area (TPSA) is 22.0 Å². The van der Waals surface area contributed by atoms with E-state index in [2.05, 4.69) is 154 Å². The first-order valence-electron chi connectivity index (χ1n) is 16.4. The highest BCUT2D eigenvalue weighted by atomic mass is 32.1. The van der Waals surface area contributed by atoms with Crippen LogP contribution in [-0.2, 0) is 10.8 Å². The molecular weight excluding hydrogens is 591 g/mol. The molecule has 228 valence electrons. The van der Waals surface area contributed by atoms with Gasteiger partial charge in [0, 0.05) is 47.6 Å². The minimum Gasteiger partial charge on any atom is -0.309 e. The van der Waals surface area contributed by atoms with Gasteiger partial charge < -0.3 is 4.57 Å². The van der Waals surface area contributed by atoms with E-state index in [1.54, 1.807) is 11.3 Å². The van der Waals surface area contributed by atoms with Crippen LogP contribution >= 0.6 is 11.3 Å². The molecule has 1 aliphatic rings. The second-order valence-corrected chi connectivity index (χ2v) is 15.6. The van der Waals surface area contributed by atoms with Crippen LogP contribution in [0, 0.1) is 0 Å². The third-order valence-corrected chi connectivity index (χ3v) is 11.5. The van der Waals surface area contributed by atoms with Crippen molar-refractivity contribution in [3.05, 3.63) is 148 Å². The number of fused-ring (bicyclic) bond motifs is 9. The van der Waals surface area contributed by atoms with Gasteiger partial charge in [0.05, 0.1) is 11.0 Å². The second-order valence-electron chi connectivity index (χ2n) is 14.5. The quantitative estimate of drug-likeness (QED) is 0.175. The third kappa shape index (κ3) is 3.99. The van der Waals surface area contributed by atoms with Gasteiger partial charge in [-0.25, -0.2) is 0 Å². The lowest BCUT2D eigenvalue weighted by Gasteiger charge is -2.22. The van der Waals surface area contributed by atoms with Gasteiger partial charge in [-0.05, 0) is 75.2 Å². The van der Waals surface area contributed by atoms with Crippen molar-refractivity contribution >= 4 is 53.3 Å². The number of rotatable bonds is 2. The minimum atomic E-state index is -0.134. The zero-order valence-electron chi connectivity index (χ0n) is 27.3. The van der Waals surface area contributed by atoms with Gasteiger partial charge in [0.1, 0.15) is 0 Å². The van der Waals surface area contributed by atoms with Gasteiger partial charge in [-0.1, -0.05) is 120 Å². The lowest BCUT2D eigenvalue weighted by Crippen LogP contribution is -2.14. The normalized spacial score (nSPS) is 13.9. The van der Waals surface area contributed by atoms with Crippen molar-refractivity contribution in [2.75, 3.05) is 0 Å². The first-order chi connectivity index (χ1) is 22.6. The highest BCUT2D eigenvalue weighted by Crippen LogP contribution is 2.53. The number of para-hydroxylation sites is 1. The Morgan fingerprint density at radius 3 is 2.17 bits per heavy atom. The van der Waals surface area contributed by atoms with Crippen LogP contribution in [0.3, 0.4) is 0 Å². The Hall–Kier alpha value is -4.99. The number of hydrogen-bond donors (Lipinski definition) is 0. The largest absolute Gasteiger partial charge is 0.309 e.